The van der Waals surface area contributed by atoms with Crippen molar-refractivity contribution in [2.45, 2.75) is 38.7 Å². The predicted octanol–water partition coefficient (Wildman–Crippen LogP) is 5.12. The van der Waals surface area contributed by atoms with Crippen molar-refractivity contribution in [3.05, 3.63) is 77.4 Å². The van der Waals surface area contributed by atoms with Gasteiger partial charge in [-0.1, -0.05) is 54.6 Å². The fourth-order valence-corrected chi connectivity index (χ4v) is 3.82. The number of hydrogen-bond donors (Lipinski definition) is 1. The Morgan fingerprint density at radius 3 is 2.26 bits per heavy atom. The molecule has 1 N–H and O–H groups in total. The minimum absolute atomic E-state index is 0.160. The van der Waals surface area contributed by atoms with E-state index in [1.807, 2.05) is 18.2 Å². The molecule has 2 aromatic carbocycles. The summed E-state index contributed by atoms with van der Waals surface area (Å²) in [6, 6.07) is 16.1. The molecule has 6 heteroatoms. The van der Waals surface area contributed by atoms with Gasteiger partial charge in [-0.3, -0.25) is 10.1 Å². The van der Waals surface area contributed by atoms with Crippen LogP contribution in [-0.2, 0) is 14.3 Å². The van der Waals surface area contributed by atoms with Crippen molar-refractivity contribution in [2.75, 3.05) is 12.4 Å². The lowest BCUT2D eigenvalue weighted by atomic mass is 9.80. The quantitative estimate of drug-likeness (QED) is 0.535. The Hall–Kier alpha value is -3.41. The topological polar surface area (TPSA) is 81.7 Å². The number of ether oxygens (including phenoxy) is 2. The Balaban J connectivity index is 1.97. The molecule has 1 amide bonds. The summed E-state index contributed by atoms with van der Waals surface area (Å²) in [6.07, 6.45) is 1.65. The maximum absolute atomic E-state index is 13.4. The van der Waals surface area contributed by atoms with Crippen LogP contribution < -0.4 is 5.32 Å². The number of carbonyl (C=O) groups is 3. The maximum atomic E-state index is 13.4. The molecule has 0 spiro atoms. The van der Waals surface area contributed by atoms with Crippen LogP contribution in [-0.4, -0.2) is 30.6 Å². The number of amides is 1. The molecule has 0 unspecified atom stereocenters. The molecule has 0 saturated heterocycles. The SMILES string of the molecule is COC(=O)C1=CC[C@@H](c2ccccc2NC(=O)OC(C)(C)C)[C@@H]1C(=O)c1ccccc1. The van der Waals surface area contributed by atoms with Crippen LogP contribution in [0.2, 0.25) is 0 Å². The minimum atomic E-state index is -0.712. The second-order valence-electron chi connectivity index (χ2n) is 8.42. The van der Waals surface area contributed by atoms with Crippen molar-refractivity contribution in [1.29, 1.82) is 0 Å². The maximum Gasteiger partial charge on any atom is 0.412 e. The van der Waals surface area contributed by atoms with Crippen LogP contribution in [0.3, 0.4) is 0 Å². The summed E-state index contributed by atoms with van der Waals surface area (Å²) in [7, 11) is 1.30. The van der Waals surface area contributed by atoms with E-state index < -0.39 is 23.6 Å². The van der Waals surface area contributed by atoms with Crippen LogP contribution in [0, 0.1) is 5.92 Å². The van der Waals surface area contributed by atoms with Crippen molar-refractivity contribution in [1.82, 2.24) is 0 Å². The third-order valence-electron chi connectivity index (χ3n) is 5.09. The minimum Gasteiger partial charge on any atom is -0.466 e. The van der Waals surface area contributed by atoms with Crippen molar-refractivity contribution < 1.29 is 23.9 Å². The molecule has 0 fully saturated rings. The molecule has 0 radical (unpaired) electrons. The summed E-state index contributed by atoms with van der Waals surface area (Å²) in [6.45, 7) is 5.36. The van der Waals surface area contributed by atoms with Gasteiger partial charge in [-0.2, -0.15) is 0 Å². The first-order chi connectivity index (χ1) is 14.7. The lowest BCUT2D eigenvalue weighted by Crippen LogP contribution is -2.28. The first-order valence-corrected chi connectivity index (χ1v) is 10.2. The zero-order chi connectivity index (χ0) is 22.6. The monoisotopic (exact) mass is 421 g/mol. The van der Waals surface area contributed by atoms with E-state index in [1.54, 1.807) is 63.2 Å². The highest BCUT2D eigenvalue weighted by molar-refractivity contribution is 6.07. The zero-order valence-electron chi connectivity index (χ0n) is 18.2. The van der Waals surface area contributed by atoms with E-state index in [-0.39, 0.29) is 11.7 Å². The second kappa shape index (κ2) is 9.16. The van der Waals surface area contributed by atoms with Crippen LogP contribution in [0.1, 0.15) is 49.0 Å². The number of anilines is 1. The molecular weight excluding hydrogens is 394 g/mol. The van der Waals surface area contributed by atoms with Gasteiger partial charge in [0.2, 0.25) is 0 Å². The Labute approximate surface area is 182 Å². The van der Waals surface area contributed by atoms with Gasteiger partial charge in [-0.15, -0.1) is 0 Å². The molecule has 2 atom stereocenters. The summed E-state index contributed by atoms with van der Waals surface area (Å²) in [5.41, 5.74) is 1.53. The molecule has 0 saturated carbocycles. The number of hydrogen-bond acceptors (Lipinski definition) is 5. The van der Waals surface area contributed by atoms with Crippen molar-refractivity contribution >= 4 is 23.5 Å². The Bertz CT molecular complexity index is 1000. The molecule has 1 aliphatic carbocycles. The van der Waals surface area contributed by atoms with Crippen LogP contribution in [0.25, 0.3) is 0 Å². The van der Waals surface area contributed by atoms with Gasteiger partial charge in [0.05, 0.1) is 13.0 Å². The van der Waals surface area contributed by atoms with E-state index in [4.69, 9.17) is 9.47 Å². The lowest BCUT2D eigenvalue weighted by molar-refractivity contribution is -0.136. The number of methoxy groups -OCH3 is 1. The van der Waals surface area contributed by atoms with Gasteiger partial charge in [0.15, 0.2) is 5.78 Å². The number of ketones is 1. The number of rotatable bonds is 5. The molecule has 2 aromatic rings. The summed E-state index contributed by atoms with van der Waals surface area (Å²) in [4.78, 5) is 38.2. The van der Waals surface area contributed by atoms with E-state index in [9.17, 15) is 14.4 Å². The number of para-hydroxylation sites is 1. The number of carbonyl (C=O) groups excluding carboxylic acids is 3. The third kappa shape index (κ3) is 5.20. The molecule has 0 aromatic heterocycles. The molecule has 162 valence electrons. The lowest BCUT2D eigenvalue weighted by Gasteiger charge is -2.25. The normalized spacial score (nSPS) is 18.1. The van der Waals surface area contributed by atoms with E-state index in [0.29, 0.717) is 23.2 Å². The van der Waals surface area contributed by atoms with E-state index in [0.717, 1.165) is 5.56 Å². The van der Waals surface area contributed by atoms with Gasteiger partial charge >= 0.3 is 12.1 Å². The van der Waals surface area contributed by atoms with Crippen molar-refractivity contribution in [3.8, 4) is 0 Å². The Morgan fingerprint density at radius 2 is 1.61 bits per heavy atom. The summed E-state index contributed by atoms with van der Waals surface area (Å²) >= 11 is 0. The van der Waals surface area contributed by atoms with Crippen LogP contribution in [0.4, 0.5) is 10.5 Å². The third-order valence-corrected chi connectivity index (χ3v) is 5.09. The molecule has 6 nitrogen and oxygen atoms in total. The van der Waals surface area contributed by atoms with Crippen LogP contribution in [0.15, 0.2) is 66.2 Å². The fourth-order valence-electron chi connectivity index (χ4n) is 3.82. The molecule has 0 aliphatic heterocycles. The fraction of sp³-hybridized carbons (Fsp3) is 0.320. The molecule has 3 rings (SSSR count). The summed E-state index contributed by atoms with van der Waals surface area (Å²) < 4.78 is 10.3. The van der Waals surface area contributed by atoms with Crippen molar-refractivity contribution in [2.24, 2.45) is 5.92 Å². The van der Waals surface area contributed by atoms with E-state index in [2.05, 4.69) is 5.32 Å². The van der Waals surface area contributed by atoms with Gasteiger partial charge < -0.3 is 9.47 Å². The zero-order valence-corrected chi connectivity index (χ0v) is 18.2. The van der Waals surface area contributed by atoms with Gasteiger partial charge in [0.1, 0.15) is 5.60 Å². The van der Waals surface area contributed by atoms with Gasteiger partial charge in [-0.25, -0.2) is 9.59 Å². The van der Waals surface area contributed by atoms with E-state index >= 15 is 0 Å². The first kappa shape index (κ1) is 22.3. The smallest absolute Gasteiger partial charge is 0.412 e. The molecular formula is C25H27NO5. The average Bonchev–Trinajstić information content (AvgIpc) is 3.17. The standard InChI is InChI=1S/C25H27NO5/c1-25(2,3)31-24(29)26-20-13-9-8-12-17(20)18-14-15-19(23(28)30-4)21(18)22(27)16-10-6-5-7-11-16/h5-13,15,18,21H,14H2,1-4H3,(H,26,29)/t18-,21-/m0/s1. The highest BCUT2D eigenvalue weighted by Gasteiger charge is 2.41. The molecule has 0 bridgehead atoms. The van der Waals surface area contributed by atoms with Gasteiger partial charge in [-0.05, 0) is 38.8 Å². The molecule has 1 aliphatic rings. The number of benzene rings is 2. The van der Waals surface area contributed by atoms with Gasteiger partial charge in [0, 0.05) is 22.7 Å². The van der Waals surface area contributed by atoms with E-state index in [1.165, 1.54) is 7.11 Å². The number of esters is 1. The Morgan fingerprint density at radius 1 is 0.968 bits per heavy atom. The largest absolute Gasteiger partial charge is 0.466 e. The second-order valence-corrected chi connectivity index (χ2v) is 8.42. The number of allylic oxidation sites excluding steroid dienone is 1. The predicted molar refractivity (Wildman–Crippen MR) is 118 cm³/mol. The van der Waals surface area contributed by atoms with Gasteiger partial charge in [0.25, 0.3) is 0 Å². The van der Waals surface area contributed by atoms with Crippen LogP contribution >= 0.6 is 0 Å². The van der Waals surface area contributed by atoms with Crippen molar-refractivity contribution in [3.63, 3.8) is 0 Å². The molecule has 31 heavy (non-hydrogen) atoms. The average molecular weight is 421 g/mol. The summed E-state index contributed by atoms with van der Waals surface area (Å²) in [5.74, 6) is -1.72. The highest BCUT2D eigenvalue weighted by Crippen LogP contribution is 2.44. The Kier molecular flexibility index (Phi) is 6.59. The number of Topliss-reactive ketones (excluding diaryl/α,β-unsaturated/α-hetero) is 1. The first-order valence-electron chi connectivity index (χ1n) is 10.2. The molecule has 0 heterocycles. The number of nitrogens with one attached hydrogen (secondary N) is 1. The van der Waals surface area contributed by atoms with Crippen LogP contribution in [0.5, 0.6) is 0 Å². The summed E-state index contributed by atoms with van der Waals surface area (Å²) in [5, 5.41) is 2.79. The highest BCUT2D eigenvalue weighted by atomic mass is 16.6.